The molecule has 6 atom stereocenters. The van der Waals surface area contributed by atoms with Crippen LogP contribution in [0.4, 0.5) is 5.69 Å². The first-order valence-electron chi connectivity index (χ1n) is 24.4. The number of nitrogens with two attached hydrogens (primary N) is 1. The van der Waals surface area contributed by atoms with E-state index < -0.39 is 24.4 Å². The van der Waals surface area contributed by atoms with Crippen LogP contribution in [0.3, 0.4) is 0 Å². The van der Waals surface area contributed by atoms with Gasteiger partial charge in [0.15, 0.2) is 0 Å². The van der Waals surface area contributed by atoms with Crippen molar-refractivity contribution in [3.8, 4) is 5.75 Å². The maximum absolute atomic E-state index is 12.3. The number of ether oxygens (including phenoxy) is 6. The Morgan fingerprint density at radius 2 is 1.60 bits per heavy atom. The maximum Gasteiger partial charge on any atom is 0.309 e. The molecule has 21 heteroatoms. The van der Waals surface area contributed by atoms with Gasteiger partial charge < -0.3 is 60.5 Å². The van der Waals surface area contributed by atoms with Crippen LogP contribution in [0.5, 0.6) is 5.75 Å². The second-order valence-electron chi connectivity index (χ2n) is 19.5. The second-order valence-corrected chi connectivity index (χ2v) is 19.5. The molecule has 2 fully saturated rings. The van der Waals surface area contributed by atoms with Gasteiger partial charge in [0.05, 0.1) is 65.1 Å². The van der Waals surface area contributed by atoms with Gasteiger partial charge in [-0.2, -0.15) is 0 Å². The fourth-order valence-corrected chi connectivity index (χ4v) is 6.63. The van der Waals surface area contributed by atoms with E-state index in [0.717, 1.165) is 12.8 Å². The van der Waals surface area contributed by atoms with Gasteiger partial charge in [0.25, 0.3) is 0 Å². The molecule has 2 radical (unpaired) electrons. The Kier molecular flexibility index (Phi) is 27.0. The summed E-state index contributed by atoms with van der Waals surface area (Å²) >= 11 is 0. The topological polar surface area (TPSA) is 272 Å². The average molecular weight is 989 g/mol. The van der Waals surface area contributed by atoms with Gasteiger partial charge in [0.1, 0.15) is 24.6 Å². The van der Waals surface area contributed by atoms with E-state index in [1.165, 1.54) is 4.90 Å². The van der Waals surface area contributed by atoms with Crippen molar-refractivity contribution in [1.82, 2.24) is 26.2 Å². The van der Waals surface area contributed by atoms with Crippen LogP contribution in [0.1, 0.15) is 119 Å². The summed E-state index contributed by atoms with van der Waals surface area (Å²) in [7, 11) is 6.07. The minimum absolute atomic E-state index is 0.00842. The van der Waals surface area contributed by atoms with E-state index in [-0.39, 0.29) is 136 Å². The zero-order chi connectivity index (χ0) is 52.6. The zero-order valence-corrected chi connectivity index (χ0v) is 43.2. The van der Waals surface area contributed by atoms with Gasteiger partial charge >= 0.3 is 5.97 Å². The van der Waals surface area contributed by atoms with E-state index in [1.807, 2.05) is 48.5 Å². The molecule has 2 aliphatic heterocycles. The number of nitrogens with one attached hydrogen (secondary N) is 4. The third kappa shape index (κ3) is 23.4. The molecule has 1 aromatic rings. The van der Waals surface area contributed by atoms with Gasteiger partial charge in [-0.25, -0.2) is 0 Å². The first-order chi connectivity index (χ1) is 32.9. The molecule has 3 rings (SSSR count). The number of hydrogen-bond donors (Lipinski definition) is 6. The summed E-state index contributed by atoms with van der Waals surface area (Å²) < 4.78 is 33.3. The Labute approximate surface area is 415 Å². The van der Waals surface area contributed by atoms with Crippen LogP contribution in [-0.2, 0) is 57.2 Å². The highest BCUT2D eigenvalue weighted by Crippen LogP contribution is 2.31. The number of likely N-dealkylation sites (tertiary alicyclic amines) is 1. The highest BCUT2D eigenvalue weighted by Gasteiger charge is 2.40. The highest BCUT2D eigenvalue weighted by molar-refractivity contribution is 6.15. The van der Waals surface area contributed by atoms with Gasteiger partial charge in [0.2, 0.25) is 41.7 Å². The first-order valence-corrected chi connectivity index (χ1v) is 24.4. The van der Waals surface area contributed by atoms with Crippen molar-refractivity contribution in [3.05, 3.63) is 23.8 Å². The molecular formula is C49H81BN6O14. The van der Waals surface area contributed by atoms with Crippen LogP contribution in [0, 0.1) is 23.2 Å². The number of carbonyl (C=O) groups is 7. The van der Waals surface area contributed by atoms with Gasteiger partial charge in [0, 0.05) is 56.8 Å². The van der Waals surface area contributed by atoms with E-state index in [4.69, 9.17) is 42.0 Å². The predicted molar refractivity (Wildman–Crippen MR) is 262 cm³/mol. The highest BCUT2D eigenvalue weighted by atomic mass is 16.7. The van der Waals surface area contributed by atoms with Crippen LogP contribution in [0.2, 0.25) is 5.31 Å². The SMILES string of the molecule is CCC(=O)NCC(OC(=O)C(C)C)c1ccc(OC2OC(C)CCC2O)c(N)c1.[B]C(C)(CC)COCC(C)(C)CNC(=O)CNC(=O)COCCOCCNC(=O)CCN1C(=O)CC(C(C)C)C1=O. The smallest absolute Gasteiger partial charge is 0.309 e. The summed E-state index contributed by atoms with van der Waals surface area (Å²) in [5.41, 5.74) is 6.81. The predicted octanol–water partition coefficient (Wildman–Crippen LogP) is 2.89. The average Bonchev–Trinajstić information content (AvgIpc) is 3.59. The molecule has 70 heavy (non-hydrogen) atoms. The van der Waals surface area contributed by atoms with Crippen LogP contribution in [0.25, 0.3) is 0 Å². The fourth-order valence-electron chi connectivity index (χ4n) is 6.63. The number of aliphatic hydroxyl groups excluding tert-OH is 1. The van der Waals surface area contributed by atoms with E-state index in [2.05, 4.69) is 21.3 Å². The molecule has 20 nitrogen and oxygen atoms in total. The lowest BCUT2D eigenvalue weighted by atomic mass is 9.69. The van der Waals surface area contributed by atoms with E-state index in [9.17, 15) is 38.7 Å². The van der Waals surface area contributed by atoms with Crippen molar-refractivity contribution in [2.24, 2.45) is 23.2 Å². The summed E-state index contributed by atoms with van der Waals surface area (Å²) in [5.74, 6) is -2.10. The number of anilines is 1. The van der Waals surface area contributed by atoms with Crippen molar-refractivity contribution in [1.29, 1.82) is 0 Å². The summed E-state index contributed by atoms with van der Waals surface area (Å²) in [5, 5.41) is 20.4. The van der Waals surface area contributed by atoms with Gasteiger partial charge in [-0.05, 0) is 48.7 Å². The molecule has 0 spiro atoms. The van der Waals surface area contributed by atoms with Crippen LogP contribution < -0.4 is 31.7 Å². The van der Waals surface area contributed by atoms with Crippen molar-refractivity contribution in [2.45, 2.75) is 138 Å². The molecule has 0 saturated carbocycles. The maximum atomic E-state index is 12.3. The molecule has 1 aromatic carbocycles. The summed E-state index contributed by atoms with van der Waals surface area (Å²) in [6.07, 6.45) is 0.541. The summed E-state index contributed by atoms with van der Waals surface area (Å²) in [6.45, 7) is 20.8. The van der Waals surface area contributed by atoms with Crippen molar-refractivity contribution < 1.29 is 67.1 Å². The number of carbonyl (C=O) groups excluding carboxylic acids is 7. The van der Waals surface area contributed by atoms with Gasteiger partial charge in [-0.15, -0.1) is 0 Å². The number of rotatable bonds is 29. The number of hydrogen-bond acceptors (Lipinski definition) is 15. The Morgan fingerprint density at radius 1 is 0.900 bits per heavy atom. The van der Waals surface area contributed by atoms with Gasteiger partial charge in [-0.1, -0.05) is 74.8 Å². The third-order valence-corrected chi connectivity index (χ3v) is 11.5. The fraction of sp³-hybridized carbons (Fsp3) is 0.735. The lowest BCUT2D eigenvalue weighted by molar-refractivity contribution is -0.196. The minimum atomic E-state index is -0.787. The second kappa shape index (κ2) is 30.8. The van der Waals surface area contributed by atoms with Crippen LogP contribution in [0.15, 0.2) is 18.2 Å². The summed E-state index contributed by atoms with van der Waals surface area (Å²) in [4.78, 5) is 85.1. The number of nitrogen functional groups attached to an aromatic ring is 1. The molecule has 6 unspecified atom stereocenters. The van der Waals surface area contributed by atoms with Gasteiger partial charge in [-0.3, -0.25) is 38.5 Å². The molecule has 2 saturated heterocycles. The number of esters is 1. The molecule has 0 aromatic heterocycles. The van der Waals surface area contributed by atoms with Crippen LogP contribution in [-0.4, -0.2) is 150 Å². The summed E-state index contributed by atoms with van der Waals surface area (Å²) in [6, 6.07) is 5.02. The molecule has 6 amide bonds. The third-order valence-electron chi connectivity index (χ3n) is 11.5. The number of nitrogens with zero attached hydrogens (tertiary/aromatic N) is 1. The van der Waals surface area contributed by atoms with E-state index >= 15 is 0 Å². The Bertz CT molecular complexity index is 1850. The lowest BCUT2D eigenvalue weighted by Crippen LogP contribution is -2.43. The quantitative estimate of drug-likeness (QED) is 0.0222. The van der Waals surface area contributed by atoms with E-state index in [1.54, 1.807) is 39.0 Å². The number of amides is 6. The molecule has 394 valence electrons. The first kappa shape index (κ1) is 61.3. The van der Waals surface area contributed by atoms with Crippen molar-refractivity contribution in [2.75, 3.05) is 78.1 Å². The molecule has 0 bridgehead atoms. The van der Waals surface area contributed by atoms with Crippen molar-refractivity contribution >= 4 is 54.9 Å². The lowest BCUT2D eigenvalue weighted by Gasteiger charge is -2.32. The molecule has 2 aliphatic rings. The largest absolute Gasteiger partial charge is 0.460 e. The Balaban J connectivity index is 0.000000508. The molecule has 2 heterocycles. The number of benzene rings is 1. The zero-order valence-electron chi connectivity index (χ0n) is 43.2. The monoisotopic (exact) mass is 989 g/mol. The number of imide groups is 1. The van der Waals surface area contributed by atoms with Crippen molar-refractivity contribution in [3.63, 3.8) is 0 Å². The van der Waals surface area contributed by atoms with Crippen LogP contribution >= 0.6 is 0 Å². The normalized spacial score (nSPS) is 19.4. The Morgan fingerprint density at radius 3 is 2.23 bits per heavy atom. The van der Waals surface area contributed by atoms with E-state index in [0.29, 0.717) is 49.6 Å². The molecule has 7 N–H and O–H groups in total. The standard InChI is InChI=1S/C28H49BN4O8.C21H32N2O6/c1-7-28(6,29)19-41-18-27(4,5)17-32-23(35)15-31-24(36)16-40-13-12-39-11-9-30-22(34)8-10-33-25(37)14-21(20(2)3)26(33)38;1-5-19(25)23-11-18(28-20(26)12(2)3)14-7-9-17(15(22)10-14)29-21-16(24)8-6-13(4)27-21/h20-21H,7-19H2,1-6H3,(H,30,34)(H,31,36)(H,32,35);7,9-10,12-13,16,18,21,24H,5-6,8,11,22H2,1-4H3,(H,23,25). The Hall–Kier alpha value is -4.83. The molecule has 0 aliphatic carbocycles. The number of aliphatic hydroxyl groups is 1. The molecular weight excluding hydrogens is 907 g/mol. The minimum Gasteiger partial charge on any atom is -0.460 e.